The minimum atomic E-state index is 0.272. The average Bonchev–Trinajstić information content (AvgIpc) is 2.99. The molecule has 0 radical (unpaired) electrons. The van der Waals surface area contributed by atoms with Gasteiger partial charge in [0.15, 0.2) is 5.84 Å². The summed E-state index contributed by atoms with van der Waals surface area (Å²) in [6, 6.07) is 10.0. The number of benzene rings is 1. The smallest absolute Gasteiger partial charge is 0.170 e. The first-order chi connectivity index (χ1) is 11.2. The number of amidine groups is 2. The molecule has 120 valence electrons. The predicted octanol–water partition coefficient (Wildman–Crippen LogP) is 2.72. The largest absolute Gasteiger partial charge is 0.354 e. The van der Waals surface area contributed by atoms with Gasteiger partial charge in [-0.15, -0.1) is 0 Å². The van der Waals surface area contributed by atoms with Crippen molar-refractivity contribution < 1.29 is 0 Å². The number of hydrogen-bond acceptors (Lipinski definition) is 2. The van der Waals surface area contributed by atoms with Crippen LogP contribution in [0.25, 0.3) is 10.9 Å². The fourth-order valence-electron chi connectivity index (χ4n) is 2.77. The van der Waals surface area contributed by atoms with Crippen molar-refractivity contribution in [1.29, 1.82) is 5.41 Å². The molecule has 0 saturated carbocycles. The molecule has 0 bridgehead atoms. The number of piperazine rings is 1. The fraction of sp³-hybridized carbons (Fsp3) is 0.333. The quantitative estimate of drug-likeness (QED) is 0.662. The van der Waals surface area contributed by atoms with E-state index in [-0.39, 0.29) is 5.84 Å². The molecular formula is C18H23N5. The third kappa shape index (κ3) is 3.51. The Hall–Kier alpha value is -2.40. The molecular weight excluding hydrogens is 286 g/mol. The Morgan fingerprint density at radius 1 is 1.22 bits per heavy atom. The number of rotatable bonds is 2. The predicted molar refractivity (Wildman–Crippen MR) is 96.4 cm³/mol. The first kappa shape index (κ1) is 15.5. The Balaban J connectivity index is 1.84. The number of aliphatic imine (C=N–C) groups is 1. The van der Waals surface area contributed by atoms with Crippen LogP contribution in [0.3, 0.4) is 0 Å². The Kier molecular flexibility index (Phi) is 4.57. The maximum atomic E-state index is 8.34. The van der Waals surface area contributed by atoms with Gasteiger partial charge in [0.2, 0.25) is 0 Å². The van der Waals surface area contributed by atoms with Crippen LogP contribution >= 0.6 is 0 Å². The summed E-state index contributed by atoms with van der Waals surface area (Å²) in [6.07, 6.45) is 3.97. The summed E-state index contributed by atoms with van der Waals surface area (Å²) < 4.78 is 0. The molecule has 0 unspecified atom stereocenters. The van der Waals surface area contributed by atoms with Gasteiger partial charge >= 0.3 is 0 Å². The third-order valence-electron chi connectivity index (χ3n) is 4.15. The van der Waals surface area contributed by atoms with Crippen LogP contribution in [0.5, 0.6) is 0 Å². The van der Waals surface area contributed by atoms with E-state index in [1.165, 1.54) is 0 Å². The highest BCUT2D eigenvalue weighted by molar-refractivity contribution is 6.08. The van der Waals surface area contributed by atoms with Crippen molar-refractivity contribution in [2.75, 3.05) is 33.2 Å². The molecule has 5 heteroatoms. The van der Waals surface area contributed by atoms with E-state index in [1.54, 1.807) is 0 Å². The molecule has 1 aromatic heterocycles. The van der Waals surface area contributed by atoms with Crippen molar-refractivity contribution in [2.24, 2.45) is 4.99 Å². The van der Waals surface area contributed by atoms with Crippen LogP contribution in [-0.4, -0.2) is 59.7 Å². The molecule has 3 rings (SSSR count). The molecule has 1 aliphatic rings. The van der Waals surface area contributed by atoms with E-state index < -0.39 is 0 Å². The lowest BCUT2D eigenvalue weighted by Gasteiger charge is -2.33. The van der Waals surface area contributed by atoms with Gasteiger partial charge in [0.05, 0.1) is 5.69 Å². The highest BCUT2D eigenvalue weighted by Gasteiger charge is 2.16. The van der Waals surface area contributed by atoms with Crippen LogP contribution in [-0.2, 0) is 0 Å². The summed E-state index contributed by atoms with van der Waals surface area (Å²) in [5, 5.41) is 9.45. The summed E-state index contributed by atoms with van der Waals surface area (Å²) >= 11 is 0. The first-order valence-electron chi connectivity index (χ1n) is 7.99. The standard InChI is InChI=1S/C18H23N5/c1-3-6-17(23-11-9-22(2)10-12-23)21-18(19)16-13-14-7-4-5-8-15(14)20-16/h3-8,13,19-20H,9-12H2,1-2H3/b6-3+,19-18?,21-17?. The van der Waals surface area contributed by atoms with Crippen molar-refractivity contribution in [3.8, 4) is 0 Å². The van der Waals surface area contributed by atoms with Crippen LogP contribution in [0.15, 0.2) is 47.5 Å². The van der Waals surface area contributed by atoms with E-state index >= 15 is 0 Å². The molecule has 1 saturated heterocycles. The number of aromatic amines is 1. The Labute approximate surface area is 136 Å². The number of allylic oxidation sites excluding steroid dienone is 1. The lowest BCUT2D eigenvalue weighted by molar-refractivity contribution is 0.216. The molecule has 2 aromatic rings. The fourth-order valence-corrected chi connectivity index (χ4v) is 2.77. The van der Waals surface area contributed by atoms with Gasteiger partial charge < -0.3 is 14.8 Å². The van der Waals surface area contributed by atoms with Gasteiger partial charge in [-0.3, -0.25) is 5.41 Å². The maximum Gasteiger partial charge on any atom is 0.170 e. The Morgan fingerprint density at radius 3 is 2.65 bits per heavy atom. The average molecular weight is 309 g/mol. The molecule has 2 heterocycles. The van der Waals surface area contributed by atoms with E-state index in [9.17, 15) is 0 Å². The third-order valence-corrected chi connectivity index (χ3v) is 4.15. The van der Waals surface area contributed by atoms with Gasteiger partial charge in [-0.25, -0.2) is 4.99 Å². The zero-order valence-corrected chi connectivity index (χ0v) is 13.7. The highest BCUT2D eigenvalue weighted by Crippen LogP contribution is 2.15. The SMILES string of the molecule is C/C=C/C(=NC(=N)c1cc2ccccc2[nH]1)N1CCN(C)CC1. The molecule has 0 amide bonds. The number of H-pyrrole nitrogens is 1. The molecule has 1 aliphatic heterocycles. The lowest BCUT2D eigenvalue weighted by Crippen LogP contribution is -2.46. The number of para-hydroxylation sites is 1. The van der Waals surface area contributed by atoms with E-state index in [4.69, 9.17) is 5.41 Å². The Bertz CT molecular complexity index is 715. The second-order valence-corrected chi connectivity index (χ2v) is 5.88. The van der Waals surface area contributed by atoms with E-state index in [2.05, 4.69) is 26.8 Å². The van der Waals surface area contributed by atoms with E-state index in [1.807, 2.05) is 49.4 Å². The summed E-state index contributed by atoms with van der Waals surface area (Å²) in [7, 11) is 2.14. The second kappa shape index (κ2) is 6.79. The molecule has 1 aromatic carbocycles. The van der Waals surface area contributed by atoms with E-state index in [0.29, 0.717) is 0 Å². The minimum absolute atomic E-state index is 0.272. The number of nitrogens with one attached hydrogen (secondary N) is 2. The van der Waals surface area contributed by atoms with Crippen molar-refractivity contribution in [1.82, 2.24) is 14.8 Å². The zero-order valence-electron chi connectivity index (χ0n) is 13.7. The number of nitrogens with zero attached hydrogens (tertiary/aromatic N) is 3. The summed E-state index contributed by atoms with van der Waals surface area (Å²) in [5.74, 6) is 1.14. The van der Waals surface area contributed by atoms with Gasteiger partial charge in [0, 0.05) is 37.1 Å². The second-order valence-electron chi connectivity index (χ2n) is 5.88. The Morgan fingerprint density at radius 2 is 1.96 bits per heavy atom. The summed E-state index contributed by atoms with van der Waals surface area (Å²) in [4.78, 5) is 12.4. The van der Waals surface area contributed by atoms with Gasteiger partial charge in [0.1, 0.15) is 5.84 Å². The molecule has 2 N–H and O–H groups in total. The van der Waals surface area contributed by atoms with Crippen molar-refractivity contribution in [3.63, 3.8) is 0 Å². The molecule has 0 atom stereocenters. The first-order valence-corrected chi connectivity index (χ1v) is 7.99. The number of hydrogen-bond donors (Lipinski definition) is 2. The zero-order chi connectivity index (χ0) is 16.2. The highest BCUT2D eigenvalue weighted by atomic mass is 15.3. The number of likely N-dealkylation sites (N-methyl/N-ethyl adjacent to an activating group) is 1. The van der Waals surface area contributed by atoms with Crippen LogP contribution in [0.4, 0.5) is 0 Å². The van der Waals surface area contributed by atoms with Crippen LogP contribution in [0, 0.1) is 5.41 Å². The van der Waals surface area contributed by atoms with Gasteiger partial charge in [-0.2, -0.15) is 0 Å². The molecule has 5 nitrogen and oxygen atoms in total. The topological polar surface area (TPSA) is 58.5 Å². The monoisotopic (exact) mass is 309 g/mol. The van der Waals surface area contributed by atoms with Crippen LogP contribution in [0.2, 0.25) is 0 Å². The number of aromatic nitrogens is 1. The molecule has 23 heavy (non-hydrogen) atoms. The molecule has 0 spiro atoms. The van der Waals surface area contributed by atoms with Gasteiger partial charge in [-0.05, 0) is 32.2 Å². The normalized spacial score (nSPS) is 17.3. The molecule has 1 fully saturated rings. The van der Waals surface area contributed by atoms with Gasteiger partial charge in [0.25, 0.3) is 0 Å². The van der Waals surface area contributed by atoms with Crippen LogP contribution in [0.1, 0.15) is 12.6 Å². The van der Waals surface area contributed by atoms with Gasteiger partial charge in [-0.1, -0.05) is 24.3 Å². The number of fused-ring (bicyclic) bond motifs is 1. The lowest BCUT2D eigenvalue weighted by atomic mass is 10.2. The van der Waals surface area contributed by atoms with Crippen LogP contribution < -0.4 is 0 Å². The van der Waals surface area contributed by atoms with E-state index in [0.717, 1.165) is 48.6 Å². The van der Waals surface area contributed by atoms with Crippen molar-refractivity contribution >= 4 is 22.6 Å². The van der Waals surface area contributed by atoms with Crippen molar-refractivity contribution in [2.45, 2.75) is 6.92 Å². The summed E-state index contributed by atoms with van der Waals surface area (Å²) in [5.41, 5.74) is 1.79. The van der Waals surface area contributed by atoms with Crippen molar-refractivity contribution in [3.05, 3.63) is 48.2 Å². The minimum Gasteiger partial charge on any atom is -0.354 e. The molecule has 0 aliphatic carbocycles. The maximum absolute atomic E-state index is 8.34. The summed E-state index contributed by atoms with van der Waals surface area (Å²) in [6.45, 7) is 5.92.